The largest absolute Gasteiger partial charge is 0.255 e. The van der Waals surface area contributed by atoms with Gasteiger partial charge in [0, 0.05) is 0 Å². The lowest BCUT2D eigenvalue weighted by atomic mass is 10.6. The molecule has 0 aromatic rings. The molecule has 0 heterocycles. The molecule has 0 saturated heterocycles. The summed E-state index contributed by atoms with van der Waals surface area (Å²) in [5.41, 5.74) is 0. The second kappa shape index (κ2) is 6.82. The van der Waals surface area contributed by atoms with E-state index in [-0.39, 0.29) is 26.6 Å². The van der Waals surface area contributed by atoms with Gasteiger partial charge in [-0.15, -0.1) is 24.0 Å². The minimum absolute atomic E-state index is 0. The Morgan fingerprint density at radius 3 is 1.71 bits per heavy atom. The maximum absolute atomic E-state index is 2.39. The Morgan fingerprint density at radius 1 is 1.29 bits per heavy atom. The first-order chi connectivity index (χ1) is 2.77. The second-order valence-corrected chi connectivity index (χ2v) is 5.55. The first kappa shape index (κ1) is 10.7. The van der Waals surface area contributed by atoms with E-state index in [1.165, 1.54) is 11.7 Å². The Balaban J connectivity index is 0. The van der Waals surface area contributed by atoms with Gasteiger partial charge in [-0.2, -0.15) is 0 Å². The topological polar surface area (TPSA) is 0 Å². The van der Waals surface area contributed by atoms with Crippen LogP contribution < -0.4 is 0 Å². The fraction of sp³-hybridized carbons (Fsp3) is 1.00. The maximum Gasteiger partial charge on any atom is 0.255 e. The van der Waals surface area contributed by atoms with E-state index in [4.69, 9.17) is 0 Å². The lowest BCUT2D eigenvalue weighted by molar-refractivity contribution is 1.06. The lowest BCUT2D eigenvalue weighted by Gasteiger charge is -1.88. The smallest absolute Gasteiger partial charge is 0.147 e. The molecular weight excluding hydrogens is 122 g/mol. The molecule has 0 radical (unpaired) electrons. The summed E-state index contributed by atoms with van der Waals surface area (Å²) in [5.74, 6) is 4.78. The van der Waals surface area contributed by atoms with Gasteiger partial charge in [0.15, 0.2) is 0 Å². The van der Waals surface area contributed by atoms with Crippen LogP contribution in [0.2, 0.25) is 16.9 Å². The quantitative estimate of drug-likeness (QED) is 0.512. The van der Waals surface area contributed by atoms with Crippen LogP contribution in [-0.2, 0) is 0 Å². The van der Waals surface area contributed by atoms with Crippen LogP contribution in [-0.4, -0.2) is 14.1 Å². The van der Waals surface area contributed by atoms with E-state index in [1.807, 2.05) is 0 Å². The summed E-state index contributed by atoms with van der Waals surface area (Å²) in [6.45, 7) is 2.26. The molecule has 0 aliphatic heterocycles. The SMILES string of the molecule is CC[CH2][Al]([CH3])[CH3].Cl. The van der Waals surface area contributed by atoms with Gasteiger partial charge in [-0.3, -0.25) is 0 Å². The maximum atomic E-state index is 2.39. The van der Waals surface area contributed by atoms with Crippen LogP contribution in [0.5, 0.6) is 0 Å². The Labute approximate surface area is 57.1 Å². The summed E-state index contributed by atoms with van der Waals surface area (Å²) < 4.78 is 0. The van der Waals surface area contributed by atoms with Crippen molar-refractivity contribution in [2.45, 2.75) is 30.2 Å². The molecule has 0 saturated carbocycles. The molecular formula is C5H14AlCl. The second-order valence-electron chi connectivity index (χ2n) is 2.18. The molecule has 0 aromatic heterocycles. The molecule has 0 aromatic carbocycles. The molecule has 44 valence electrons. The van der Waals surface area contributed by atoms with E-state index in [0.29, 0.717) is 0 Å². The Morgan fingerprint density at radius 2 is 1.71 bits per heavy atom. The molecule has 0 bridgehead atoms. The molecule has 0 nitrogen and oxygen atoms in total. The van der Waals surface area contributed by atoms with Crippen LogP contribution in [0.4, 0.5) is 0 Å². The van der Waals surface area contributed by atoms with Crippen molar-refractivity contribution in [2.24, 2.45) is 0 Å². The molecule has 0 N–H and O–H groups in total. The first-order valence-electron chi connectivity index (χ1n) is 2.77. The van der Waals surface area contributed by atoms with Crippen molar-refractivity contribution in [2.75, 3.05) is 0 Å². The zero-order valence-corrected chi connectivity index (χ0v) is 7.37. The Hall–Kier alpha value is 0.822. The number of halogens is 1. The predicted octanol–water partition coefficient (Wildman–Crippen LogP) is 2.57. The van der Waals surface area contributed by atoms with Crippen LogP contribution in [0.15, 0.2) is 0 Å². The van der Waals surface area contributed by atoms with Gasteiger partial charge in [0.2, 0.25) is 0 Å². The molecule has 0 unspecified atom stereocenters. The molecule has 0 spiro atoms. The van der Waals surface area contributed by atoms with E-state index in [1.54, 1.807) is 0 Å². The van der Waals surface area contributed by atoms with Crippen LogP contribution in [0.1, 0.15) is 13.3 Å². The molecule has 2 heteroatoms. The molecule has 0 amide bonds. The lowest BCUT2D eigenvalue weighted by Crippen LogP contribution is -1.95. The molecule has 0 fully saturated rings. The van der Waals surface area contributed by atoms with Gasteiger partial charge in [-0.25, -0.2) is 0 Å². The zero-order valence-electron chi connectivity index (χ0n) is 5.40. The molecule has 0 aliphatic rings. The van der Waals surface area contributed by atoms with E-state index in [0.717, 1.165) is 0 Å². The van der Waals surface area contributed by atoms with Crippen LogP contribution in [0.3, 0.4) is 0 Å². The summed E-state index contributed by atoms with van der Waals surface area (Å²) in [6.07, 6.45) is 1.39. The third-order valence-electron chi connectivity index (χ3n) is 0.866. The summed E-state index contributed by atoms with van der Waals surface area (Å²) in [7, 11) is 0. The van der Waals surface area contributed by atoms with Gasteiger partial charge in [0.05, 0.1) is 0 Å². The summed E-state index contributed by atoms with van der Waals surface area (Å²) in [4.78, 5) is 0. The van der Waals surface area contributed by atoms with Crippen LogP contribution >= 0.6 is 12.4 Å². The minimum atomic E-state index is -0.171. The summed E-state index contributed by atoms with van der Waals surface area (Å²) in [5, 5.41) is 1.51. The van der Waals surface area contributed by atoms with Crippen molar-refractivity contribution in [1.29, 1.82) is 0 Å². The van der Waals surface area contributed by atoms with E-state index < -0.39 is 0 Å². The highest BCUT2D eigenvalue weighted by atomic mass is 35.5. The van der Waals surface area contributed by atoms with Crippen molar-refractivity contribution in [3.63, 3.8) is 0 Å². The van der Waals surface area contributed by atoms with E-state index in [9.17, 15) is 0 Å². The average molecular weight is 137 g/mol. The number of hydrogen-bond acceptors (Lipinski definition) is 0. The summed E-state index contributed by atoms with van der Waals surface area (Å²) >= 11 is -0.171. The molecule has 0 aliphatic carbocycles. The highest BCUT2D eigenvalue weighted by Gasteiger charge is 1.95. The third kappa shape index (κ3) is 10.9. The molecule has 0 rings (SSSR count). The highest BCUT2D eigenvalue weighted by Crippen LogP contribution is 1.92. The normalized spacial score (nSPS) is 7.29. The van der Waals surface area contributed by atoms with Gasteiger partial charge in [0.25, 0.3) is 14.1 Å². The predicted molar refractivity (Wildman–Crippen MR) is 39.8 cm³/mol. The standard InChI is InChI=1S/C3H7.2CH3.Al.ClH/c1-3-2;;;;/h1,3H2,2H3;2*1H3;;1H. The van der Waals surface area contributed by atoms with Crippen molar-refractivity contribution < 1.29 is 0 Å². The van der Waals surface area contributed by atoms with Crippen molar-refractivity contribution >= 4 is 26.6 Å². The molecule has 7 heavy (non-hydrogen) atoms. The summed E-state index contributed by atoms with van der Waals surface area (Å²) in [6, 6.07) is 0. The van der Waals surface area contributed by atoms with Gasteiger partial charge in [0.1, 0.15) is 0 Å². The Bertz CT molecular complexity index is 29.3. The average Bonchev–Trinajstić information content (AvgIpc) is 1.35. The van der Waals surface area contributed by atoms with Crippen molar-refractivity contribution in [1.82, 2.24) is 0 Å². The number of rotatable bonds is 2. The van der Waals surface area contributed by atoms with Crippen LogP contribution in [0.25, 0.3) is 0 Å². The molecule has 0 atom stereocenters. The van der Waals surface area contributed by atoms with Gasteiger partial charge in [-0.1, -0.05) is 18.6 Å². The van der Waals surface area contributed by atoms with Crippen molar-refractivity contribution in [3.05, 3.63) is 0 Å². The van der Waals surface area contributed by atoms with Crippen molar-refractivity contribution in [3.8, 4) is 0 Å². The van der Waals surface area contributed by atoms with E-state index in [2.05, 4.69) is 18.5 Å². The Kier molecular flexibility index (Phi) is 10.5. The zero-order chi connectivity index (χ0) is 4.99. The van der Waals surface area contributed by atoms with Gasteiger partial charge >= 0.3 is 0 Å². The highest BCUT2D eigenvalue weighted by molar-refractivity contribution is 6.55. The van der Waals surface area contributed by atoms with Crippen LogP contribution in [0, 0.1) is 0 Å². The first-order valence-corrected chi connectivity index (χ1v) is 5.90. The van der Waals surface area contributed by atoms with E-state index >= 15 is 0 Å². The monoisotopic (exact) mass is 136 g/mol. The number of hydrogen-bond donors (Lipinski definition) is 0. The third-order valence-corrected chi connectivity index (χ3v) is 2.60. The fourth-order valence-corrected chi connectivity index (χ4v) is 1.73. The fourth-order valence-electron chi connectivity index (χ4n) is 0.577. The van der Waals surface area contributed by atoms with Gasteiger partial charge < -0.3 is 0 Å². The minimum Gasteiger partial charge on any atom is -0.147 e. The van der Waals surface area contributed by atoms with Gasteiger partial charge in [-0.05, 0) is 0 Å².